The van der Waals surface area contributed by atoms with E-state index in [-0.39, 0.29) is 23.6 Å². The second-order valence-electron chi connectivity index (χ2n) is 8.25. The van der Waals surface area contributed by atoms with E-state index in [1.165, 1.54) is 7.11 Å². The lowest BCUT2D eigenvalue weighted by Crippen LogP contribution is -2.47. The molecule has 3 aromatic rings. The molecule has 0 fully saturated rings. The average molecular weight is 469 g/mol. The number of hydrogen-bond acceptors (Lipinski definition) is 6. The second kappa shape index (κ2) is 9.15. The summed E-state index contributed by atoms with van der Waals surface area (Å²) in [4.78, 5) is 19.3. The molecule has 172 valence electrons. The Morgan fingerprint density at radius 1 is 1.27 bits per heavy atom. The zero-order chi connectivity index (χ0) is 23.7. The number of nitrogens with one attached hydrogen (secondary N) is 1. The quantitative estimate of drug-likeness (QED) is 0.512. The highest BCUT2D eigenvalue weighted by molar-refractivity contribution is 6.30. The molecule has 1 atom stereocenters. The highest BCUT2D eigenvalue weighted by Crippen LogP contribution is 2.40. The monoisotopic (exact) mass is 468 g/mol. The molecule has 33 heavy (non-hydrogen) atoms. The minimum Gasteiger partial charge on any atom is -0.504 e. The van der Waals surface area contributed by atoms with Crippen molar-refractivity contribution < 1.29 is 19.2 Å². The molecular formula is C24H25ClN4O4. The van der Waals surface area contributed by atoms with E-state index in [0.717, 1.165) is 0 Å². The largest absolute Gasteiger partial charge is 0.504 e. The summed E-state index contributed by atoms with van der Waals surface area (Å²) < 4.78 is 10.8. The Morgan fingerprint density at radius 2 is 2.06 bits per heavy atom. The predicted octanol–water partition coefficient (Wildman–Crippen LogP) is 5.26. The zero-order valence-corrected chi connectivity index (χ0v) is 19.6. The zero-order valence-electron chi connectivity index (χ0n) is 18.8. The first-order valence-corrected chi connectivity index (χ1v) is 10.9. The summed E-state index contributed by atoms with van der Waals surface area (Å²) in [6.45, 7) is 6.46. The fourth-order valence-electron chi connectivity index (χ4n) is 3.86. The van der Waals surface area contributed by atoms with Crippen molar-refractivity contribution in [2.75, 3.05) is 13.7 Å². The van der Waals surface area contributed by atoms with Gasteiger partial charge in [0, 0.05) is 22.8 Å². The standard InChI is InChI=1S/C24H25ClN4O4/c1-13(2)12-29-14(3)20(23-27-22(28-33-23)16-6-5-7-17(25)10-16)21(26-24(29)31)15-8-9-19(32-4)18(30)11-15/h5-11,13,21,30H,12H2,1-4H3,(H,26,31). The van der Waals surface area contributed by atoms with Gasteiger partial charge in [-0.15, -0.1) is 0 Å². The van der Waals surface area contributed by atoms with Gasteiger partial charge in [-0.2, -0.15) is 4.98 Å². The first-order valence-electron chi connectivity index (χ1n) is 10.5. The van der Waals surface area contributed by atoms with Crippen LogP contribution in [0.3, 0.4) is 0 Å². The first kappa shape index (κ1) is 22.7. The van der Waals surface area contributed by atoms with Crippen molar-refractivity contribution in [3.63, 3.8) is 0 Å². The minimum atomic E-state index is -0.606. The van der Waals surface area contributed by atoms with Gasteiger partial charge in [-0.3, -0.25) is 4.90 Å². The van der Waals surface area contributed by atoms with Gasteiger partial charge >= 0.3 is 6.03 Å². The Labute approximate surface area is 196 Å². The van der Waals surface area contributed by atoms with Gasteiger partial charge in [-0.05, 0) is 42.7 Å². The van der Waals surface area contributed by atoms with Crippen molar-refractivity contribution in [2.45, 2.75) is 26.8 Å². The maximum atomic E-state index is 13.0. The van der Waals surface area contributed by atoms with E-state index in [4.69, 9.17) is 20.9 Å². The van der Waals surface area contributed by atoms with Crippen molar-refractivity contribution in [3.8, 4) is 22.9 Å². The summed E-state index contributed by atoms with van der Waals surface area (Å²) in [5.74, 6) is 1.22. The molecule has 1 unspecified atom stereocenters. The van der Waals surface area contributed by atoms with Crippen molar-refractivity contribution in [1.29, 1.82) is 0 Å². The van der Waals surface area contributed by atoms with E-state index >= 15 is 0 Å². The molecule has 1 aromatic heterocycles. The van der Waals surface area contributed by atoms with Gasteiger partial charge in [-0.25, -0.2) is 4.79 Å². The predicted molar refractivity (Wildman–Crippen MR) is 125 cm³/mol. The molecule has 4 rings (SSSR count). The smallest absolute Gasteiger partial charge is 0.322 e. The Morgan fingerprint density at radius 3 is 2.73 bits per heavy atom. The maximum Gasteiger partial charge on any atom is 0.322 e. The van der Waals surface area contributed by atoms with Crippen LogP contribution >= 0.6 is 11.6 Å². The second-order valence-corrected chi connectivity index (χ2v) is 8.69. The summed E-state index contributed by atoms with van der Waals surface area (Å²) in [6.07, 6.45) is 0. The number of hydrogen-bond donors (Lipinski definition) is 2. The lowest BCUT2D eigenvalue weighted by Gasteiger charge is -2.36. The summed E-state index contributed by atoms with van der Waals surface area (Å²) in [6, 6.07) is 11.3. The van der Waals surface area contributed by atoms with Crippen LogP contribution in [0.1, 0.15) is 38.3 Å². The van der Waals surface area contributed by atoms with Crippen LogP contribution in [0.5, 0.6) is 11.5 Å². The molecule has 2 heterocycles. The molecule has 9 heteroatoms. The van der Waals surface area contributed by atoms with Gasteiger partial charge < -0.3 is 19.7 Å². The Bertz CT molecular complexity index is 1220. The fraction of sp³-hybridized carbons (Fsp3) is 0.292. The molecular weight excluding hydrogens is 444 g/mol. The number of aromatic hydroxyl groups is 1. The Kier molecular flexibility index (Phi) is 6.29. The lowest BCUT2D eigenvalue weighted by molar-refractivity contribution is 0.199. The third kappa shape index (κ3) is 4.52. The highest BCUT2D eigenvalue weighted by atomic mass is 35.5. The van der Waals surface area contributed by atoms with Gasteiger partial charge in [0.1, 0.15) is 0 Å². The topological polar surface area (TPSA) is 101 Å². The summed E-state index contributed by atoms with van der Waals surface area (Å²) in [5.41, 5.74) is 2.73. The lowest BCUT2D eigenvalue weighted by atomic mass is 9.94. The number of halogens is 1. The van der Waals surface area contributed by atoms with Crippen LogP contribution in [0, 0.1) is 5.92 Å². The molecule has 1 aliphatic rings. The van der Waals surface area contributed by atoms with E-state index in [1.807, 2.05) is 32.9 Å². The van der Waals surface area contributed by atoms with Crippen LogP contribution in [0.15, 0.2) is 52.7 Å². The number of carbonyl (C=O) groups excluding carboxylic acids is 1. The highest BCUT2D eigenvalue weighted by Gasteiger charge is 2.36. The van der Waals surface area contributed by atoms with Crippen LogP contribution in [0.4, 0.5) is 4.79 Å². The molecule has 2 aromatic carbocycles. The van der Waals surface area contributed by atoms with Gasteiger partial charge in [0.2, 0.25) is 5.82 Å². The molecule has 8 nitrogen and oxygen atoms in total. The van der Waals surface area contributed by atoms with Crippen LogP contribution in [-0.2, 0) is 0 Å². The molecule has 0 aliphatic carbocycles. The Hall–Kier alpha value is -3.52. The molecule has 0 radical (unpaired) electrons. The van der Waals surface area contributed by atoms with Gasteiger partial charge in [0.05, 0.1) is 18.7 Å². The summed E-state index contributed by atoms with van der Waals surface area (Å²) >= 11 is 6.12. The molecule has 0 saturated heterocycles. The minimum absolute atomic E-state index is 0.0315. The number of phenols is 1. The maximum absolute atomic E-state index is 13.0. The number of aromatic nitrogens is 2. The summed E-state index contributed by atoms with van der Waals surface area (Å²) in [7, 11) is 1.48. The number of benzene rings is 2. The molecule has 0 saturated carbocycles. The van der Waals surface area contributed by atoms with Crippen molar-refractivity contribution >= 4 is 23.2 Å². The number of rotatable bonds is 6. The van der Waals surface area contributed by atoms with Gasteiger partial charge in [0.25, 0.3) is 5.89 Å². The third-order valence-corrected chi connectivity index (χ3v) is 5.65. The van der Waals surface area contributed by atoms with Gasteiger partial charge in [0.15, 0.2) is 11.5 Å². The molecule has 1 aliphatic heterocycles. The average Bonchev–Trinajstić information content (AvgIpc) is 3.26. The number of allylic oxidation sites excluding steroid dienone is 1. The van der Waals surface area contributed by atoms with E-state index in [9.17, 15) is 9.90 Å². The van der Waals surface area contributed by atoms with Crippen molar-refractivity contribution in [2.24, 2.45) is 5.92 Å². The number of phenolic OH excluding ortho intramolecular Hbond substituents is 1. The normalized spacial score (nSPS) is 16.4. The van der Waals surface area contributed by atoms with Crippen molar-refractivity contribution in [1.82, 2.24) is 20.4 Å². The number of methoxy groups -OCH3 is 1. The van der Waals surface area contributed by atoms with Crippen LogP contribution < -0.4 is 10.1 Å². The molecule has 2 amide bonds. The number of carbonyl (C=O) groups is 1. The van der Waals surface area contributed by atoms with Crippen molar-refractivity contribution in [3.05, 3.63) is 64.6 Å². The van der Waals surface area contributed by atoms with E-state index < -0.39 is 6.04 Å². The number of nitrogens with zero attached hydrogens (tertiary/aromatic N) is 3. The van der Waals surface area contributed by atoms with Gasteiger partial charge in [-0.1, -0.05) is 48.8 Å². The third-order valence-electron chi connectivity index (χ3n) is 5.42. The Balaban J connectivity index is 1.83. The first-order chi connectivity index (χ1) is 15.8. The van der Waals surface area contributed by atoms with Crippen LogP contribution in [-0.4, -0.2) is 39.8 Å². The van der Waals surface area contributed by atoms with Crippen LogP contribution in [0.25, 0.3) is 17.0 Å². The van der Waals surface area contributed by atoms with Crippen LogP contribution in [0.2, 0.25) is 5.02 Å². The van der Waals surface area contributed by atoms with E-state index in [0.29, 0.717) is 45.5 Å². The SMILES string of the molecule is COc1ccc(C2NC(=O)N(CC(C)C)C(C)=C2c2nc(-c3cccc(Cl)c3)no2)cc1O. The van der Waals surface area contributed by atoms with E-state index in [1.54, 1.807) is 35.2 Å². The number of amides is 2. The van der Waals surface area contributed by atoms with E-state index in [2.05, 4.69) is 15.5 Å². The number of urea groups is 1. The molecule has 2 N–H and O–H groups in total. The summed E-state index contributed by atoms with van der Waals surface area (Å²) in [5, 5.41) is 18.0. The molecule has 0 bridgehead atoms. The fourth-order valence-corrected chi connectivity index (χ4v) is 4.05. The molecule has 0 spiro atoms. The number of ether oxygens (including phenoxy) is 1.